The molecule has 2 aliphatic heterocycles. The van der Waals surface area contributed by atoms with Crippen molar-refractivity contribution in [1.29, 1.82) is 0 Å². The van der Waals surface area contributed by atoms with E-state index in [-0.39, 0.29) is 11.7 Å². The van der Waals surface area contributed by atoms with Crippen LogP contribution in [0, 0.1) is 0 Å². The van der Waals surface area contributed by atoms with Crippen LogP contribution in [0.3, 0.4) is 0 Å². The third-order valence-corrected chi connectivity index (χ3v) is 4.12. The van der Waals surface area contributed by atoms with Crippen molar-refractivity contribution < 1.29 is 9.53 Å². The molecule has 0 bridgehead atoms. The van der Waals surface area contributed by atoms with E-state index in [2.05, 4.69) is 14.9 Å². The van der Waals surface area contributed by atoms with E-state index in [9.17, 15) is 4.79 Å². The molecule has 19 heavy (non-hydrogen) atoms. The van der Waals surface area contributed by atoms with Crippen LogP contribution in [0.2, 0.25) is 0 Å². The van der Waals surface area contributed by atoms with Gasteiger partial charge in [0.15, 0.2) is 0 Å². The van der Waals surface area contributed by atoms with E-state index >= 15 is 0 Å². The number of H-pyrrole nitrogens is 1. The van der Waals surface area contributed by atoms with Gasteiger partial charge in [0.1, 0.15) is 11.4 Å². The van der Waals surface area contributed by atoms with Crippen LogP contribution in [0.15, 0.2) is 12.4 Å². The van der Waals surface area contributed by atoms with E-state index in [4.69, 9.17) is 4.74 Å². The fourth-order valence-corrected chi connectivity index (χ4v) is 2.91. The third-order valence-electron chi connectivity index (χ3n) is 4.12. The van der Waals surface area contributed by atoms with Gasteiger partial charge in [0.05, 0.1) is 13.1 Å². The Morgan fingerprint density at radius 3 is 2.84 bits per heavy atom. The number of hydrogen-bond donors (Lipinski definition) is 1. The molecule has 2 saturated heterocycles. The van der Waals surface area contributed by atoms with Gasteiger partial charge in [0.25, 0.3) is 0 Å². The lowest BCUT2D eigenvalue weighted by Gasteiger charge is -2.37. The molecule has 1 N–H and O–H groups in total. The highest BCUT2D eigenvalue weighted by molar-refractivity contribution is 5.70. The maximum absolute atomic E-state index is 11.7. The van der Waals surface area contributed by atoms with Gasteiger partial charge < -0.3 is 14.6 Å². The molecule has 104 valence electrons. The number of ether oxygens (including phenoxy) is 1. The molecule has 1 spiro atoms. The number of likely N-dealkylation sites (tertiary alicyclic amines) is 1. The van der Waals surface area contributed by atoms with E-state index in [1.54, 1.807) is 11.1 Å². The predicted molar refractivity (Wildman–Crippen MR) is 69.6 cm³/mol. The van der Waals surface area contributed by atoms with Crippen LogP contribution in [0.5, 0.6) is 0 Å². The number of piperidine rings is 1. The van der Waals surface area contributed by atoms with Crippen molar-refractivity contribution in [2.45, 2.75) is 31.9 Å². The van der Waals surface area contributed by atoms with Crippen molar-refractivity contribution in [3.8, 4) is 0 Å². The first-order valence-corrected chi connectivity index (χ1v) is 6.89. The lowest BCUT2D eigenvalue weighted by atomic mass is 9.91. The second-order valence-electron chi connectivity index (χ2n) is 5.38. The van der Waals surface area contributed by atoms with Crippen LogP contribution in [-0.4, -0.2) is 57.6 Å². The Balaban J connectivity index is 1.56. The molecule has 3 rings (SSSR count). The fraction of sp³-hybridized carbons (Fsp3) is 0.692. The first-order valence-electron chi connectivity index (χ1n) is 6.89. The number of hydrogen-bond acceptors (Lipinski definition) is 4. The van der Waals surface area contributed by atoms with Gasteiger partial charge in [-0.05, 0) is 6.92 Å². The van der Waals surface area contributed by atoms with E-state index in [0.717, 1.165) is 51.4 Å². The summed E-state index contributed by atoms with van der Waals surface area (Å²) in [5.41, 5.74) is -0.243. The number of imidazole rings is 1. The van der Waals surface area contributed by atoms with Crippen LogP contribution < -0.4 is 0 Å². The number of carbonyl (C=O) groups is 1. The molecule has 0 radical (unpaired) electrons. The Morgan fingerprint density at radius 2 is 2.26 bits per heavy atom. The summed E-state index contributed by atoms with van der Waals surface area (Å²) < 4.78 is 5.61. The van der Waals surface area contributed by atoms with Crippen molar-refractivity contribution in [3.05, 3.63) is 18.2 Å². The van der Waals surface area contributed by atoms with Gasteiger partial charge >= 0.3 is 6.09 Å². The minimum absolute atomic E-state index is 0.151. The highest BCUT2D eigenvalue weighted by atomic mass is 16.6. The molecule has 6 heteroatoms. The second-order valence-corrected chi connectivity index (χ2v) is 5.38. The van der Waals surface area contributed by atoms with E-state index in [1.807, 2.05) is 13.1 Å². The van der Waals surface area contributed by atoms with Crippen LogP contribution >= 0.6 is 0 Å². The second kappa shape index (κ2) is 4.85. The Morgan fingerprint density at radius 1 is 1.47 bits per heavy atom. The number of aromatic nitrogens is 2. The van der Waals surface area contributed by atoms with Gasteiger partial charge in [-0.2, -0.15) is 0 Å². The molecule has 0 unspecified atom stereocenters. The largest absolute Gasteiger partial charge is 0.441 e. The van der Waals surface area contributed by atoms with Gasteiger partial charge in [-0.15, -0.1) is 0 Å². The summed E-state index contributed by atoms with van der Waals surface area (Å²) in [4.78, 5) is 23.2. The Kier molecular flexibility index (Phi) is 3.18. The molecule has 2 fully saturated rings. The molecule has 0 aromatic carbocycles. The van der Waals surface area contributed by atoms with E-state index < -0.39 is 0 Å². The standard InChI is InChI=1S/C13H20N4O2/c1-2-17-10-13(19-12(17)18)3-7-16(8-4-13)9-11-14-5-6-15-11/h5-6H,2-4,7-10H2,1H3,(H,14,15). The number of aromatic amines is 1. The zero-order chi connectivity index (χ0) is 13.3. The molecule has 0 aliphatic carbocycles. The zero-order valence-corrected chi connectivity index (χ0v) is 11.3. The van der Waals surface area contributed by atoms with Crippen molar-refractivity contribution in [1.82, 2.24) is 19.8 Å². The maximum atomic E-state index is 11.7. The summed E-state index contributed by atoms with van der Waals surface area (Å²) in [6, 6.07) is 0. The first-order chi connectivity index (χ1) is 9.21. The molecular weight excluding hydrogens is 244 g/mol. The highest BCUT2D eigenvalue weighted by Crippen LogP contribution is 2.33. The minimum atomic E-state index is -0.243. The highest BCUT2D eigenvalue weighted by Gasteiger charge is 2.46. The third kappa shape index (κ3) is 2.45. The van der Waals surface area contributed by atoms with Gasteiger partial charge in [-0.25, -0.2) is 9.78 Å². The molecule has 2 aliphatic rings. The van der Waals surface area contributed by atoms with Crippen molar-refractivity contribution in [2.24, 2.45) is 0 Å². The van der Waals surface area contributed by atoms with Crippen LogP contribution in [0.1, 0.15) is 25.6 Å². The summed E-state index contributed by atoms with van der Waals surface area (Å²) >= 11 is 0. The quantitative estimate of drug-likeness (QED) is 0.891. The Labute approximate surface area is 112 Å². The lowest BCUT2D eigenvalue weighted by Crippen LogP contribution is -2.46. The Hall–Kier alpha value is -1.56. The zero-order valence-electron chi connectivity index (χ0n) is 11.3. The minimum Gasteiger partial charge on any atom is -0.441 e. The van der Waals surface area contributed by atoms with Gasteiger partial charge in [-0.1, -0.05) is 0 Å². The average Bonchev–Trinajstić information content (AvgIpc) is 3.01. The number of likely N-dealkylation sites (N-methyl/N-ethyl adjacent to an activating group) is 1. The van der Waals surface area contributed by atoms with Gasteiger partial charge in [0, 0.05) is 44.9 Å². The van der Waals surface area contributed by atoms with Gasteiger partial charge in [0.2, 0.25) is 0 Å². The predicted octanol–water partition coefficient (Wildman–Crippen LogP) is 1.22. The average molecular weight is 264 g/mol. The maximum Gasteiger partial charge on any atom is 0.410 e. The van der Waals surface area contributed by atoms with Crippen LogP contribution in [0.25, 0.3) is 0 Å². The number of nitrogens with zero attached hydrogens (tertiary/aromatic N) is 3. The summed E-state index contributed by atoms with van der Waals surface area (Å²) in [7, 11) is 0. The summed E-state index contributed by atoms with van der Waals surface area (Å²) in [6.07, 6.45) is 5.30. The topological polar surface area (TPSA) is 61.5 Å². The lowest BCUT2D eigenvalue weighted by molar-refractivity contribution is -0.00174. The Bertz CT molecular complexity index is 438. The SMILES string of the molecule is CCN1CC2(CCN(Cc3ncc[nH]3)CC2)OC1=O. The molecule has 1 aromatic rings. The molecule has 1 aromatic heterocycles. The van der Waals surface area contributed by atoms with Crippen molar-refractivity contribution in [2.75, 3.05) is 26.2 Å². The summed E-state index contributed by atoms with van der Waals surface area (Å²) in [5, 5.41) is 0. The number of carbonyl (C=O) groups excluding carboxylic acids is 1. The monoisotopic (exact) mass is 264 g/mol. The van der Waals surface area contributed by atoms with Crippen molar-refractivity contribution in [3.63, 3.8) is 0 Å². The number of nitrogens with one attached hydrogen (secondary N) is 1. The molecule has 0 saturated carbocycles. The van der Waals surface area contributed by atoms with E-state index in [1.165, 1.54) is 0 Å². The molecule has 1 amide bonds. The van der Waals surface area contributed by atoms with Crippen molar-refractivity contribution >= 4 is 6.09 Å². The molecule has 3 heterocycles. The first kappa shape index (κ1) is 12.5. The molecule has 0 atom stereocenters. The number of rotatable bonds is 3. The van der Waals surface area contributed by atoms with Crippen LogP contribution in [0.4, 0.5) is 4.79 Å². The normalized spacial score (nSPS) is 23.0. The summed E-state index contributed by atoms with van der Waals surface area (Å²) in [6.45, 7) is 6.21. The molecular formula is C13H20N4O2. The molecule has 6 nitrogen and oxygen atoms in total. The van der Waals surface area contributed by atoms with E-state index in [0.29, 0.717) is 0 Å². The van der Waals surface area contributed by atoms with Crippen LogP contribution in [-0.2, 0) is 11.3 Å². The van der Waals surface area contributed by atoms with Gasteiger partial charge in [-0.3, -0.25) is 4.90 Å². The number of amides is 1. The fourth-order valence-electron chi connectivity index (χ4n) is 2.91. The smallest absolute Gasteiger partial charge is 0.410 e. The summed E-state index contributed by atoms with van der Waals surface area (Å²) in [5.74, 6) is 0.995.